The van der Waals surface area contributed by atoms with Gasteiger partial charge in [0.1, 0.15) is 5.82 Å². The van der Waals surface area contributed by atoms with Crippen LogP contribution >= 0.6 is 0 Å². The molecule has 6 nitrogen and oxygen atoms in total. The fourth-order valence-corrected chi connectivity index (χ4v) is 3.91. The van der Waals surface area contributed by atoms with Crippen molar-refractivity contribution in [1.82, 2.24) is 5.32 Å². The van der Waals surface area contributed by atoms with Gasteiger partial charge in [-0.3, -0.25) is 4.79 Å². The average Bonchev–Trinajstić information content (AvgIpc) is 2.81. The van der Waals surface area contributed by atoms with Crippen molar-refractivity contribution in [1.29, 1.82) is 5.41 Å². The normalized spacial score (nSPS) is 13.8. The van der Waals surface area contributed by atoms with Crippen molar-refractivity contribution in [2.24, 2.45) is 5.73 Å². The lowest BCUT2D eigenvalue weighted by atomic mass is 9.98. The van der Waals surface area contributed by atoms with Crippen molar-refractivity contribution in [3.05, 3.63) is 77.4 Å². The molecule has 170 valence electrons. The van der Waals surface area contributed by atoms with Crippen LogP contribution in [0.4, 0.5) is 25.8 Å². The molecule has 0 saturated carbocycles. The van der Waals surface area contributed by atoms with Crippen LogP contribution in [-0.4, -0.2) is 31.3 Å². The van der Waals surface area contributed by atoms with E-state index in [0.29, 0.717) is 36.6 Å². The number of hydrogen-bond donors (Lipinski definition) is 4. The van der Waals surface area contributed by atoms with Gasteiger partial charge in [-0.2, -0.15) is 0 Å². The third-order valence-electron chi connectivity index (χ3n) is 5.62. The molecule has 0 atom stereocenters. The number of benzene rings is 3. The summed E-state index contributed by atoms with van der Waals surface area (Å²) in [5.41, 5.74) is 8.40. The number of rotatable bonds is 6. The van der Waals surface area contributed by atoms with Crippen LogP contribution in [0.3, 0.4) is 0 Å². The number of hydrogen-bond acceptors (Lipinski definition) is 5. The third kappa shape index (κ3) is 4.62. The van der Waals surface area contributed by atoms with E-state index < -0.39 is 11.6 Å². The molecule has 3 aromatic carbocycles. The smallest absolute Gasteiger partial charge is 0.240 e. The number of amides is 1. The van der Waals surface area contributed by atoms with Gasteiger partial charge in [0.05, 0.1) is 12.2 Å². The Balaban J connectivity index is 1.74. The summed E-state index contributed by atoms with van der Waals surface area (Å²) >= 11 is 0. The molecule has 5 N–H and O–H groups in total. The van der Waals surface area contributed by atoms with Crippen molar-refractivity contribution in [3.8, 4) is 11.1 Å². The van der Waals surface area contributed by atoms with E-state index in [1.807, 2.05) is 6.07 Å². The molecular formula is C25H25F2N5O. The maximum Gasteiger partial charge on any atom is 0.240 e. The molecule has 0 unspecified atom stereocenters. The largest absolute Gasteiger partial charge is 0.353 e. The standard InChI is InChI=1S/C25H25F2N5O/c1-15(29)19-7-8-21(24(27)25(19)31-17-4-2-3-16(11-17)13-28)20-6-5-18(12-22(20)26)32-10-9-30-14-23(32)33/h2-8,11-12,29-31H,9-10,13-14,28H2,1H3. The molecule has 8 heteroatoms. The number of anilines is 3. The Labute approximate surface area is 190 Å². The first-order valence-corrected chi connectivity index (χ1v) is 10.6. The molecule has 0 aromatic heterocycles. The number of piperazine rings is 1. The zero-order chi connectivity index (χ0) is 23.5. The summed E-state index contributed by atoms with van der Waals surface area (Å²) in [6.07, 6.45) is 0. The number of nitrogens with one attached hydrogen (secondary N) is 3. The molecule has 0 spiro atoms. The molecule has 1 fully saturated rings. The number of halogens is 2. The number of nitrogens with two attached hydrogens (primary N) is 1. The molecule has 1 saturated heterocycles. The fraction of sp³-hybridized carbons (Fsp3) is 0.200. The Morgan fingerprint density at radius 2 is 1.94 bits per heavy atom. The van der Waals surface area contributed by atoms with Gasteiger partial charge in [0.15, 0.2) is 5.82 Å². The molecule has 0 radical (unpaired) electrons. The highest BCUT2D eigenvalue weighted by Gasteiger charge is 2.22. The van der Waals surface area contributed by atoms with Crippen LogP contribution in [0.25, 0.3) is 11.1 Å². The second kappa shape index (κ2) is 9.48. The van der Waals surface area contributed by atoms with Gasteiger partial charge in [0.2, 0.25) is 5.91 Å². The van der Waals surface area contributed by atoms with Crippen molar-refractivity contribution in [2.45, 2.75) is 13.5 Å². The molecule has 1 amide bonds. The zero-order valence-corrected chi connectivity index (χ0v) is 18.2. The van der Waals surface area contributed by atoms with Gasteiger partial charge in [0.25, 0.3) is 0 Å². The molecule has 0 aliphatic carbocycles. The summed E-state index contributed by atoms with van der Waals surface area (Å²) in [5.74, 6) is -1.44. The monoisotopic (exact) mass is 449 g/mol. The minimum absolute atomic E-state index is 0.0631. The van der Waals surface area contributed by atoms with E-state index in [-0.39, 0.29) is 35.0 Å². The average molecular weight is 450 g/mol. The van der Waals surface area contributed by atoms with Crippen LogP contribution in [0.15, 0.2) is 54.6 Å². The zero-order valence-electron chi connectivity index (χ0n) is 18.2. The van der Waals surface area contributed by atoms with Crippen LogP contribution in [-0.2, 0) is 11.3 Å². The van der Waals surface area contributed by atoms with E-state index in [1.54, 1.807) is 37.3 Å². The molecule has 0 bridgehead atoms. The SMILES string of the molecule is CC(=N)c1ccc(-c2ccc(N3CCNCC3=O)cc2F)c(F)c1Nc1cccc(CN)c1. The van der Waals surface area contributed by atoms with E-state index >= 15 is 8.78 Å². The Kier molecular flexibility index (Phi) is 6.48. The lowest BCUT2D eigenvalue weighted by molar-refractivity contribution is -0.118. The first-order chi connectivity index (χ1) is 15.9. The predicted octanol–water partition coefficient (Wildman–Crippen LogP) is 4.16. The van der Waals surface area contributed by atoms with Gasteiger partial charge < -0.3 is 26.7 Å². The van der Waals surface area contributed by atoms with Crippen molar-refractivity contribution in [3.63, 3.8) is 0 Å². The topological polar surface area (TPSA) is 94.2 Å². The first-order valence-electron chi connectivity index (χ1n) is 10.6. The maximum atomic E-state index is 15.7. The lowest BCUT2D eigenvalue weighted by Crippen LogP contribution is -2.48. The van der Waals surface area contributed by atoms with E-state index in [4.69, 9.17) is 11.1 Å². The number of carbonyl (C=O) groups is 1. The first kappa shape index (κ1) is 22.6. The maximum absolute atomic E-state index is 15.7. The number of carbonyl (C=O) groups excluding carboxylic acids is 1. The molecular weight excluding hydrogens is 424 g/mol. The van der Waals surface area contributed by atoms with Crippen molar-refractivity contribution >= 4 is 28.7 Å². The van der Waals surface area contributed by atoms with Gasteiger partial charge in [-0.25, -0.2) is 8.78 Å². The van der Waals surface area contributed by atoms with Gasteiger partial charge in [-0.05, 0) is 42.8 Å². The quantitative estimate of drug-likeness (QED) is 0.425. The van der Waals surface area contributed by atoms with E-state index in [9.17, 15) is 4.79 Å². The highest BCUT2D eigenvalue weighted by molar-refractivity contribution is 6.03. The van der Waals surface area contributed by atoms with Crippen LogP contribution < -0.4 is 21.3 Å². The number of nitrogens with zero attached hydrogens (tertiary/aromatic N) is 1. The summed E-state index contributed by atoms with van der Waals surface area (Å²) in [5, 5.41) is 14.1. The summed E-state index contributed by atoms with van der Waals surface area (Å²) in [7, 11) is 0. The fourth-order valence-electron chi connectivity index (χ4n) is 3.91. The van der Waals surface area contributed by atoms with E-state index in [2.05, 4.69) is 10.6 Å². The molecule has 33 heavy (non-hydrogen) atoms. The summed E-state index contributed by atoms with van der Waals surface area (Å²) in [6, 6.07) is 14.7. The third-order valence-corrected chi connectivity index (χ3v) is 5.62. The second-order valence-electron chi connectivity index (χ2n) is 7.89. The Morgan fingerprint density at radius 1 is 1.15 bits per heavy atom. The summed E-state index contributed by atoms with van der Waals surface area (Å²) < 4.78 is 30.8. The lowest BCUT2D eigenvalue weighted by Gasteiger charge is -2.27. The minimum Gasteiger partial charge on any atom is -0.353 e. The molecule has 3 aromatic rings. The van der Waals surface area contributed by atoms with Crippen LogP contribution in [0.5, 0.6) is 0 Å². The Bertz CT molecular complexity index is 1230. The molecule has 1 aliphatic heterocycles. The predicted molar refractivity (Wildman–Crippen MR) is 127 cm³/mol. The van der Waals surface area contributed by atoms with Gasteiger partial charge in [-0.1, -0.05) is 24.3 Å². The van der Waals surface area contributed by atoms with Crippen LogP contribution in [0.2, 0.25) is 0 Å². The summed E-state index contributed by atoms with van der Waals surface area (Å²) in [6.45, 7) is 3.16. The van der Waals surface area contributed by atoms with Gasteiger partial charge in [0, 0.05) is 53.4 Å². The van der Waals surface area contributed by atoms with Crippen molar-refractivity contribution < 1.29 is 13.6 Å². The van der Waals surface area contributed by atoms with Crippen molar-refractivity contribution in [2.75, 3.05) is 29.9 Å². The Morgan fingerprint density at radius 3 is 2.64 bits per heavy atom. The second-order valence-corrected chi connectivity index (χ2v) is 7.89. The highest BCUT2D eigenvalue weighted by atomic mass is 19.1. The van der Waals surface area contributed by atoms with E-state index in [1.165, 1.54) is 23.1 Å². The van der Waals surface area contributed by atoms with Gasteiger partial charge >= 0.3 is 0 Å². The molecule has 4 rings (SSSR count). The molecule has 1 aliphatic rings. The van der Waals surface area contributed by atoms with E-state index in [0.717, 1.165) is 5.56 Å². The van der Waals surface area contributed by atoms with Crippen LogP contribution in [0, 0.1) is 17.0 Å². The molecule has 1 heterocycles. The minimum atomic E-state index is -0.665. The van der Waals surface area contributed by atoms with Crippen LogP contribution in [0.1, 0.15) is 18.1 Å². The Hall–Kier alpha value is -3.62. The highest BCUT2D eigenvalue weighted by Crippen LogP contribution is 2.35. The summed E-state index contributed by atoms with van der Waals surface area (Å²) in [4.78, 5) is 13.6. The van der Waals surface area contributed by atoms with Gasteiger partial charge in [-0.15, -0.1) is 0 Å².